The number of nitrogens with one attached hydrogen (secondary N) is 1. The van der Waals surface area contributed by atoms with Gasteiger partial charge in [-0.05, 0) is 24.4 Å². The third-order valence-corrected chi connectivity index (χ3v) is 3.93. The largest absolute Gasteiger partial charge is 0.472 e. The van der Waals surface area contributed by atoms with E-state index in [2.05, 4.69) is 5.32 Å². The van der Waals surface area contributed by atoms with Gasteiger partial charge in [0.2, 0.25) is 5.91 Å². The number of carbonyl (C=O) groups is 1. The molecule has 0 saturated carbocycles. The van der Waals surface area contributed by atoms with E-state index in [1.165, 1.54) is 23.9 Å². The maximum atomic E-state index is 11.6. The van der Waals surface area contributed by atoms with Crippen molar-refractivity contribution in [3.05, 3.63) is 46.5 Å². The minimum atomic E-state index is -1.29. The Morgan fingerprint density at radius 3 is 3.00 bits per heavy atom. The van der Waals surface area contributed by atoms with Gasteiger partial charge in [0.25, 0.3) is 0 Å². The summed E-state index contributed by atoms with van der Waals surface area (Å²) in [5.41, 5.74) is -0.681. The smallest absolute Gasteiger partial charge is 0.246 e. The Bertz CT molecular complexity index is 487. The molecule has 0 saturated heterocycles. The maximum absolute atomic E-state index is 11.6. The highest BCUT2D eigenvalue weighted by atomic mass is 32.1. The van der Waals surface area contributed by atoms with Gasteiger partial charge in [-0.25, -0.2) is 0 Å². The quantitative estimate of drug-likeness (QED) is 0.816. The van der Waals surface area contributed by atoms with Crippen LogP contribution >= 0.6 is 11.3 Å². The van der Waals surface area contributed by atoms with Crippen LogP contribution in [0.2, 0.25) is 0 Å². The number of rotatable bonds is 7. The second-order valence-corrected chi connectivity index (χ2v) is 5.21. The predicted molar refractivity (Wildman–Crippen MR) is 75.5 cm³/mol. The number of carbonyl (C=O) groups excluding carboxylic acids is 1. The Morgan fingerprint density at radius 2 is 2.40 bits per heavy atom. The molecule has 6 heteroatoms. The van der Waals surface area contributed by atoms with Crippen LogP contribution in [0, 0.1) is 0 Å². The lowest BCUT2D eigenvalue weighted by Crippen LogP contribution is -2.42. The molecule has 2 heterocycles. The number of hydrogen-bond acceptors (Lipinski definition) is 5. The van der Waals surface area contributed by atoms with Crippen molar-refractivity contribution in [2.24, 2.45) is 0 Å². The number of aliphatic hydroxyl groups is 1. The Balaban J connectivity index is 2.11. The summed E-state index contributed by atoms with van der Waals surface area (Å²) in [5, 5.41) is 15.5. The molecule has 5 nitrogen and oxygen atoms in total. The first kappa shape index (κ1) is 14.8. The van der Waals surface area contributed by atoms with Crippen molar-refractivity contribution in [1.29, 1.82) is 0 Å². The van der Waals surface area contributed by atoms with Crippen molar-refractivity contribution >= 4 is 17.2 Å². The molecule has 20 heavy (non-hydrogen) atoms. The van der Waals surface area contributed by atoms with Crippen LogP contribution in [-0.4, -0.2) is 30.8 Å². The molecule has 0 aromatic carbocycles. The fourth-order valence-electron chi connectivity index (χ4n) is 1.82. The van der Waals surface area contributed by atoms with Crippen LogP contribution in [0.1, 0.15) is 17.4 Å². The van der Waals surface area contributed by atoms with E-state index in [4.69, 9.17) is 9.15 Å². The summed E-state index contributed by atoms with van der Waals surface area (Å²) in [5.74, 6) is -0.259. The number of thiophene rings is 1. The molecule has 2 aromatic rings. The standard InChI is InChI=1S/C14H17NO4S/c1-2-18-9-13(16)15-10-14(17,11-5-6-19-8-11)12-4-3-7-20-12/h3-8,17H,2,9-10H2,1H3,(H,15,16)/t14-/m1/s1. The van der Waals surface area contributed by atoms with Gasteiger partial charge in [0.05, 0.1) is 19.1 Å². The lowest BCUT2D eigenvalue weighted by atomic mass is 9.94. The molecule has 0 radical (unpaired) electrons. The summed E-state index contributed by atoms with van der Waals surface area (Å²) >= 11 is 1.42. The highest BCUT2D eigenvalue weighted by molar-refractivity contribution is 7.10. The third-order valence-electron chi connectivity index (χ3n) is 2.91. The van der Waals surface area contributed by atoms with Gasteiger partial charge in [-0.2, -0.15) is 0 Å². The zero-order valence-electron chi connectivity index (χ0n) is 11.2. The molecule has 1 amide bonds. The van der Waals surface area contributed by atoms with E-state index >= 15 is 0 Å². The first-order valence-corrected chi connectivity index (χ1v) is 7.18. The van der Waals surface area contributed by atoms with Gasteiger partial charge in [0, 0.05) is 17.0 Å². The highest BCUT2D eigenvalue weighted by Crippen LogP contribution is 2.32. The zero-order chi connectivity index (χ0) is 14.4. The minimum Gasteiger partial charge on any atom is -0.472 e. The molecule has 1 atom stereocenters. The Morgan fingerprint density at radius 1 is 1.55 bits per heavy atom. The first-order chi connectivity index (χ1) is 9.66. The van der Waals surface area contributed by atoms with E-state index in [-0.39, 0.29) is 19.1 Å². The number of hydrogen-bond donors (Lipinski definition) is 2. The van der Waals surface area contributed by atoms with Gasteiger partial charge in [0.15, 0.2) is 0 Å². The summed E-state index contributed by atoms with van der Waals surface area (Å²) in [6.45, 7) is 2.35. The molecular formula is C14H17NO4S. The van der Waals surface area contributed by atoms with Gasteiger partial charge in [-0.3, -0.25) is 4.79 Å². The number of furan rings is 1. The molecular weight excluding hydrogens is 278 g/mol. The molecule has 2 rings (SSSR count). The summed E-state index contributed by atoms with van der Waals surface area (Å²) in [6.07, 6.45) is 2.98. The summed E-state index contributed by atoms with van der Waals surface area (Å²) < 4.78 is 10.1. The van der Waals surface area contributed by atoms with Crippen molar-refractivity contribution in [2.75, 3.05) is 19.8 Å². The molecule has 2 aromatic heterocycles. The topological polar surface area (TPSA) is 71.7 Å². The fraction of sp³-hybridized carbons (Fsp3) is 0.357. The average Bonchev–Trinajstić information content (AvgIpc) is 3.14. The molecule has 0 spiro atoms. The van der Waals surface area contributed by atoms with E-state index in [0.717, 1.165) is 4.88 Å². The molecule has 2 N–H and O–H groups in total. The Hall–Kier alpha value is -1.63. The Labute approximate surface area is 121 Å². The SMILES string of the molecule is CCOCC(=O)NC[C@@](O)(c1ccoc1)c1cccs1. The molecule has 0 aliphatic rings. The number of ether oxygens (including phenoxy) is 1. The van der Waals surface area contributed by atoms with Crippen LogP contribution in [0.3, 0.4) is 0 Å². The van der Waals surface area contributed by atoms with Crippen molar-refractivity contribution in [3.63, 3.8) is 0 Å². The average molecular weight is 295 g/mol. The van der Waals surface area contributed by atoms with Crippen molar-refractivity contribution in [2.45, 2.75) is 12.5 Å². The molecule has 0 unspecified atom stereocenters. The van der Waals surface area contributed by atoms with Crippen LogP contribution in [0.25, 0.3) is 0 Å². The van der Waals surface area contributed by atoms with E-state index < -0.39 is 5.60 Å². The van der Waals surface area contributed by atoms with Gasteiger partial charge in [-0.15, -0.1) is 11.3 Å². The minimum absolute atomic E-state index is 0.0115. The van der Waals surface area contributed by atoms with Gasteiger partial charge >= 0.3 is 0 Å². The second-order valence-electron chi connectivity index (χ2n) is 4.26. The summed E-state index contributed by atoms with van der Waals surface area (Å²) in [7, 11) is 0. The van der Waals surface area contributed by atoms with Crippen LogP contribution in [-0.2, 0) is 15.1 Å². The van der Waals surface area contributed by atoms with Crippen LogP contribution in [0.15, 0.2) is 40.5 Å². The molecule has 108 valence electrons. The maximum Gasteiger partial charge on any atom is 0.246 e. The molecule has 0 aliphatic carbocycles. The number of amides is 1. The van der Waals surface area contributed by atoms with Gasteiger partial charge in [0.1, 0.15) is 12.2 Å². The normalized spacial score (nSPS) is 13.9. The first-order valence-electron chi connectivity index (χ1n) is 6.30. The van der Waals surface area contributed by atoms with Crippen molar-refractivity contribution in [1.82, 2.24) is 5.32 Å². The predicted octanol–water partition coefficient (Wildman–Crippen LogP) is 1.73. The molecule has 0 fully saturated rings. The summed E-state index contributed by atoms with van der Waals surface area (Å²) in [4.78, 5) is 12.4. The lowest BCUT2D eigenvalue weighted by molar-refractivity contribution is -0.126. The second kappa shape index (κ2) is 6.69. The van der Waals surface area contributed by atoms with Crippen LogP contribution in [0.5, 0.6) is 0 Å². The van der Waals surface area contributed by atoms with Gasteiger partial charge in [-0.1, -0.05) is 6.07 Å². The monoisotopic (exact) mass is 295 g/mol. The summed E-state index contributed by atoms with van der Waals surface area (Å²) in [6, 6.07) is 5.37. The molecule has 0 aliphatic heterocycles. The van der Waals surface area contributed by atoms with Crippen LogP contribution in [0.4, 0.5) is 0 Å². The fourth-order valence-corrected chi connectivity index (χ4v) is 2.66. The van der Waals surface area contributed by atoms with Crippen LogP contribution < -0.4 is 5.32 Å². The van der Waals surface area contributed by atoms with E-state index in [1.54, 1.807) is 6.07 Å². The van der Waals surface area contributed by atoms with Gasteiger partial charge < -0.3 is 19.6 Å². The van der Waals surface area contributed by atoms with Crippen molar-refractivity contribution < 1.29 is 19.1 Å². The molecule has 0 bridgehead atoms. The zero-order valence-corrected chi connectivity index (χ0v) is 12.0. The van der Waals surface area contributed by atoms with Crippen molar-refractivity contribution in [3.8, 4) is 0 Å². The Kier molecular flexibility index (Phi) is 4.94. The van der Waals surface area contributed by atoms with E-state index in [1.807, 2.05) is 24.4 Å². The highest BCUT2D eigenvalue weighted by Gasteiger charge is 2.34. The lowest BCUT2D eigenvalue weighted by Gasteiger charge is -2.26. The van der Waals surface area contributed by atoms with E-state index in [9.17, 15) is 9.90 Å². The van der Waals surface area contributed by atoms with E-state index in [0.29, 0.717) is 12.2 Å². The third kappa shape index (κ3) is 3.27.